The summed E-state index contributed by atoms with van der Waals surface area (Å²) in [6.07, 6.45) is -0.976. The average molecular weight is 255 g/mol. The van der Waals surface area contributed by atoms with Crippen LogP contribution in [0.25, 0.3) is 0 Å². The summed E-state index contributed by atoms with van der Waals surface area (Å²) in [4.78, 5) is 10.8. The molecule has 1 aliphatic rings. The molecule has 98 valence electrons. The first-order valence-corrected chi connectivity index (χ1v) is 5.61. The maximum Gasteiger partial charge on any atom is 0.405 e. The molecule has 0 amide bonds. The zero-order chi connectivity index (χ0) is 13.5. The van der Waals surface area contributed by atoms with Gasteiger partial charge in [-0.3, -0.25) is 4.79 Å². The number of carboxylic acids is 1. The highest BCUT2D eigenvalue weighted by Gasteiger charge is 2.40. The van der Waals surface area contributed by atoms with E-state index >= 15 is 0 Å². The molecule has 0 bridgehead atoms. The normalized spacial score (nSPS) is 22.6. The van der Waals surface area contributed by atoms with Gasteiger partial charge in [-0.05, 0) is 18.1 Å². The second kappa shape index (κ2) is 4.35. The molecule has 1 unspecified atom stereocenters. The highest BCUT2D eigenvalue weighted by molar-refractivity contribution is 6.74. The second-order valence-corrected chi connectivity index (χ2v) is 4.54. The van der Waals surface area contributed by atoms with E-state index in [0.29, 0.717) is 0 Å². The van der Waals surface area contributed by atoms with Gasteiger partial charge in [0.15, 0.2) is 0 Å². The minimum atomic E-state index is -3.25. The first-order valence-electron chi connectivity index (χ1n) is 5.61. The molecule has 2 atom stereocenters. The zero-order valence-electron chi connectivity index (χ0n) is 9.71. The van der Waals surface area contributed by atoms with Crippen LogP contribution in [0.4, 0.5) is 4.39 Å². The Morgan fingerprint density at radius 1 is 1.56 bits per heavy atom. The highest BCUT2D eigenvalue weighted by atomic mass is 19.1. The fraction of sp³-hybridized carbons (Fsp3) is 0.364. The summed E-state index contributed by atoms with van der Waals surface area (Å²) >= 11 is 0. The molecule has 3 N–H and O–H groups in total. The standard InChI is InChI=1S/C11H13BFO5/c1-6(11(14)15)5-9-10-7(12(16,17)18-9)3-2-4-8(10)13/h2-4,6,9,16-17H,5H2,1H3,(H,14,15)/q-1/t6?,9-/m1/s1. The van der Waals surface area contributed by atoms with Gasteiger partial charge in [0.2, 0.25) is 0 Å². The number of carbonyl (C=O) groups is 1. The van der Waals surface area contributed by atoms with Gasteiger partial charge in [0.25, 0.3) is 0 Å². The summed E-state index contributed by atoms with van der Waals surface area (Å²) in [5.74, 6) is -2.44. The number of halogens is 1. The van der Waals surface area contributed by atoms with Gasteiger partial charge >= 0.3 is 12.7 Å². The highest BCUT2D eigenvalue weighted by Crippen LogP contribution is 2.34. The Balaban J connectivity index is 2.35. The zero-order valence-corrected chi connectivity index (χ0v) is 9.71. The molecule has 1 aliphatic heterocycles. The first kappa shape index (κ1) is 13.0. The average Bonchev–Trinajstić information content (AvgIpc) is 2.51. The molecule has 0 spiro atoms. The minimum Gasteiger partial charge on any atom is -0.556 e. The number of rotatable bonds is 3. The van der Waals surface area contributed by atoms with Gasteiger partial charge in [-0.15, -0.1) is 5.46 Å². The van der Waals surface area contributed by atoms with Crippen LogP contribution in [0.5, 0.6) is 0 Å². The number of aliphatic carboxylic acids is 1. The van der Waals surface area contributed by atoms with Gasteiger partial charge in [0, 0.05) is 6.10 Å². The van der Waals surface area contributed by atoms with Crippen molar-refractivity contribution in [1.82, 2.24) is 0 Å². The summed E-state index contributed by atoms with van der Waals surface area (Å²) in [6.45, 7) is -1.80. The van der Waals surface area contributed by atoms with Crippen molar-refractivity contribution in [2.45, 2.75) is 19.4 Å². The van der Waals surface area contributed by atoms with Crippen LogP contribution in [-0.2, 0) is 9.45 Å². The SMILES string of the molecule is CC(C[C@H]1O[B-](O)(O)c2cccc(F)c21)C(=O)O. The van der Waals surface area contributed by atoms with Crippen LogP contribution in [0.2, 0.25) is 0 Å². The first-order chi connectivity index (χ1) is 8.33. The van der Waals surface area contributed by atoms with Crippen LogP contribution >= 0.6 is 0 Å². The molecule has 7 heteroatoms. The van der Waals surface area contributed by atoms with E-state index in [-0.39, 0.29) is 17.4 Å². The lowest BCUT2D eigenvalue weighted by molar-refractivity contribution is -0.142. The van der Waals surface area contributed by atoms with E-state index in [0.717, 1.165) is 0 Å². The van der Waals surface area contributed by atoms with Gasteiger partial charge in [-0.2, -0.15) is 0 Å². The number of fused-ring (bicyclic) bond motifs is 1. The third kappa shape index (κ3) is 2.12. The fourth-order valence-electron chi connectivity index (χ4n) is 2.19. The predicted molar refractivity (Wildman–Crippen MR) is 61.5 cm³/mol. The number of hydrogen-bond acceptors (Lipinski definition) is 4. The molecular formula is C11H13BFO5-. The van der Waals surface area contributed by atoms with E-state index in [1.165, 1.54) is 25.1 Å². The number of carboxylic acid groups (broad SMARTS) is 1. The molecule has 0 aromatic heterocycles. The van der Waals surface area contributed by atoms with Crippen LogP contribution in [0.15, 0.2) is 18.2 Å². The van der Waals surface area contributed by atoms with Gasteiger partial charge in [-0.1, -0.05) is 19.1 Å². The van der Waals surface area contributed by atoms with Gasteiger partial charge in [0.05, 0.1) is 5.92 Å². The van der Waals surface area contributed by atoms with Crippen LogP contribution in [-0.4, -0.2) is 27.9 Å². The summed E-state index contributed by atoms with van der Waals surface area (Å²) in [6, 6.07) is 3.89. The molecule has 1 heterocycles. The lowest BCUT2D eigenvalue weighted by Gasteiger charge is -2.26. The molecule has 1 aromatic rings. The molecule has 5 nitrogen and oxygen atoms in total. The Morgan fingerprint density at radius 2 is 2.22 bits per heavy atom. The molecular weight excluding hydrogens is 242 g/mol. The minimum absolute atomic E-state index is 0.0161. The molecule has 18 heavy (non-hydrogen) atoms. The fourth-order valence-corrected chi connectivity index (χ4v) is 2.19. The number of benzene rings is 1. The molecule has 0 saturated heterocycles. The maximum atomic E-state index is 13.7. The van der Waals surface area contributed by atoms with E-state index in [2.05, 4.69) is 0 Å². The monoisotopic (exact) mass is 255 g/mol. The molecule has 2 rings (SSSR count). The molecule has 0 saturated carbocycles. The van der Waals surface area contributed by atoms with Crippen LogP contribution in [0.3, 0.4) is 0 Å². The van der Waals surface area contributed by atoms with E-state index in [4.69, 9.17) is 9.76 Å². The van der Waals surface area contributed by atoms with Crippen molar-refractivity contribution in [2.75, 3.05) is 0 Å². The lowest BCUT2D eigenvalue weighted by Crippen LogP contribution is -2.47. The third-order valence-corrected chi connectivity index (χ3v) is 3.16. The van der Waals surface area contributed by atoms with Gasteiger partial charge in [-0.25, -0.2) is 4.39 Å². The Hall–Kier alpha value is -1.44. The molecule has 0 radical (unpaired) electrons. The Labute approximate surface area is 103 Å². The van der Waals surface area contributed by atoms with Crippen molar-refractivity contribution in [3.8, 4) is 0 Å². The predicted octanol–water partition coefficient (Wildman–Crippen LogP) is 0.138. The summed E-state index contributed by atoms with van der Waals surface area (Å²) in [7, 11) is 0. The lowest BCUT2D eigenvalue weighted by atomic mass is 9.70. The topological polar surface area (TPSA) is 87.0 Å². The van der Waals surface area contributed by atoms with Crippen molar-refractivity contribution < 1.29 is 29.0 Å². The van der Waals surface area contributed by atoms with Crippen molar-refractivity contribution in [3.05, 3.63) is 29.6 Å². The van der Waals surface area contributed by atoms with Crippen LogP contribution in [0.1, 0.15) is 25.0 Å². The van der Waals surface area contributed by atoms with E-state index < -0.39 is 30.6 Å². The van der Waals surface area contributed by atoms with Gasteiger partial charge < -0.3 is 19.8 Å². The smallest absolute Gasteiger partial charge is 0.405 e. The van der Waals surface area contributed by atoms with Crippen molar-refractivity contribution in [2.24, 2.45) is 5.92 Å². The maximum absolute atomic E-state index is 13.7. The van der Waals surface area contributed by atoms with E-state index in [9.17, 15) is 19.2 Å². The Morgan fingerprint density at radius 3 is 2.83 bits per heavy atom. The van der Waals surface area contributed by atoms with Crippen molar-refractivity contribution in [3.63, 3.8) is 0 Å². The Bertz CT molecular complexity index is 490. The molecule has 0 aliphatic carbocycles. The van der Waals surface area contributed by atoms with Crippen molar-refractivity contribution in [1.29, 1.82) is 0 Å². The Kier molecular flexibility index (Phi) is 3.14. The van der Waals surface area contributed by atoms with Gasteiger partial charge in [0.1, 0.15) is 5.82 Å². The van der Waals surface area contributed by atoms with E-state index in [1.807, 2.05) is 0 Å². The molecule has 1 aromatic carbocycles. The number of hydrogen-bond donors (Lipinski definition) is 3. The summed E-state index contributed by atoms with van der Waals surface area (Å²) < 4.78 is 18.7. The van der Waals surface area contributed by atoms with Crippen LogP contribution in [0, 0.1) is 11.7 Å². The molecule has 0 fully saturated rings. The second-order valence-electron chi connectivity index (χ2n) is 4.54. The summed E-state index contributed by atoms with van der Waals surface area (Å²) in [5.41, 5.74) is 0.0215. The quantitative estimate of drug-likeness (QED) is 0.668. The van der Waals surface area contributed by atoms with Crippen LogP contribution < -0.4 is 5.46 Å². The summed E-state index contributed by atoms with van der Waals surface area (Å²) in [5, 5.41) is 28.2. The largest absolute Gasteiger partial charge is 0.556 e. The third-order valence-electron chi connectivity index (χ3n) is 3.16. The van der Waals surface area contributed by atoms with Crippen molar-refractivity contribution >= 4 is 18.2 Å². The van der Waals surface area contributed by atoms with E-state index in [1.54, 1.807) is 0 Å².